The Balaban J connectivity index is 0.000000892. The lowest BCUT2D eigenvalue weighted by molar-refractivity contribution is -0.122. The Morgan fingerprint density at radius 2 is 1.95 bits per heavy atom. The molecule has 13 heteroatoms. The van der Waals surface area contributed by atoms with Gasteiger partial charge in [-0.05, 0) is 65.2 Å². The number of hydrogen-bond donors (Lipinski definition) is 3. The van der Waals surface area contributed by atoms with Crippen LogP contribution in [0.4, 0.5) is 0 Å². The van der Waals surface area contributed by atoms with Gasteiger partial charge in [0.15, 0.2) is 0 Å². The molecule has 0 spiro atoms. The number of tetrazole rings is 1. The first-order valence-corrected chi connectivity index (χ1v) is 11.4. The standard InChI is InChI=1S/C23H17ClN8O2.CH2O2/c24-14-1-5-20(31-12-27-29-30-31)17(9-14)13-7-15-2-6-21(32(15)22(34)8-13)23-26-11-19(28-23)18-4-3-16(33)10-25-18;2-1-3/h1,3-5,7-12,21,33H,2,6H2,(H,26,28);1H,(H,2,3)/t21-;/m0./s1. The van der Waals surface area contributed by atoms with Crippen molar-refractivity contribution in [1.82, 2.24) is 39.7 Å². The maximum Gasteiger partial charge on any atom is 0.290 e. The molecule has 37 heavy (non-hydrogen) atoms. The zero-order valence-electron chi connectivity index (χ0n) is 19.1. The number of aromatic amines is 1. The Kier molecular flexibility index (Phi) is 6.47. The molecule has 6 rings (SSSR count). The highest BCUT2D eigenvalue weighted by Crippen LogP contribution is 2.34. The molecule has 0 unspecified atom stereocenters. The Hall–Kier alpha value is -4.84. The second-order valence-corrected chi connectivity index (χ2v) is 8.54. The Bertz CT molecular complexity index is 1610. The average Bonchev–Trinajstić information content (AvgIpc) is 3.66. The highest BCUT2D eigenvalue weighted by molar-refractivity contribution is 6.31. The minimum absolute atomic E-state index is 0.0958. The van der Waals surface area contributed by atoms with E-state index in [1.165, 1.54) is 12.5 Å². The largest absolute Gasteiger partial charge is 0.506 e. The van der Waals surface area contributed by atoms with Crippen molar-refractivity contribution in [3.63, 3.8) is 0 Å². The fourth-order valence-corrected chi connectivity index (χ4v) is 4.57. The third-order valence-electron chi connectivity index (χ3n) is 5.93. The van der Waals surface area contributed by atoms with E-state index in [0.717, 1.165) is 41.0 Å². The highest BCUT2D eigenvalue weighted by Gasteiger charge is 2.28. The molecule has 0 fully saturated rings. The number of imidazole rings is 1. The van der Waals surface area contributed by atoms with Crippen molar-refractivity contribution in [2.75, 3.05) is 0 Å². The van der Waals surface area contributed by atoms with Gasteiger partial charge in [-0.15, -0.1) is 5.10 Å². The molecule has 0 saturated heterocycles. The molecule has 0 amide bonds. The lowest BCUT2D eigenvalue weighted by Gasteiger charge is -2.15. The number of benzene rings is 1. The van der Waals surface area contributed by atoms with Crippen molar-refractivity contribution in [3.8, 4) is 34.0 Å². The van der Waals surface area contributed by atoms with Gasteiger partial charge in [0, 0.05) is 22.3 Å². The molecular formula is C24H19ClN8O4. The van der Waals surface area contributed by atoms with Crippen LogP contribution in [0.3, 0.4) is 0 Å². The van der Waals surface area contributed by atoms with Crippen LogP contribution in [0.2, 0.25) is 5.02 Å². The molecule has 0 bridgehead atoms. The van der Waals surface area contributed by atoms with Crippen LogP contribution < -0.4 is 5.56 Å². The second-order valence-electron chi connectivity index (χ2n) is 8.10. The fraction of sp³-hybridized carbons (Fsp3) is 0.125. The molecule has 5 aromatic rings. The lowest BCUT2D eigenvalue weighted by atomic mass is 10.0. The van der Waals surface area contributed by atoms with Crippen LogP contribution >= 0.6 is 11.6 Å². The smallest absolute Gasteiger partial charge is 0.290 e. The molecule has 4 aromatic heterocycles. The molecule has 0 radical (unpaired) electrons. The van der Waals surface area contributed by atoms with Crippen LogP contribution in [-0.2, 0) is 11.2 Å². The van der Waals surface area contributed by atoms with E-state index in [9.17, 15) is 9.90 Å². The minimum atomic E-state index is -0.250. The number of carbonyl (C=O) groups is 1. The van der Waals surface area contributed by atoms with Gasteiger partial charge in [0.1, 0.15) is 17.9 Å². The van der Waals surface area contributed by atoms with E-state index >= 15 is 0 Å². The monoisotopic (exact) mass is 518 g/mol. The normalized spacial score (nSPS) is 14.0. The molecule has 186 valence electrons. The number of hydrogen-bond acceptors (Lipinski definition) is 8. The fourth-order valence-electron chi connectivity index (χ4n) is 4.40. The molecule has 5 heterocycles. The van der Waals surface area contributed by atoms with Gasteiger partial charge in [-0.25, -0.2) is 4.98 Å². The molecule has 12 nitrogen and oxygen atoms in total. The molecule has 0 saturated carbocycles. The summed E-state index contributed by atoms with van der Waals surface area (Å²) in [4.78, 5) is 33.7. The van der Waals surface area contributed by atoms with Gasteiger partial charge >= 0.3 is 0 Å². The number of fused-ring (bicyclic) bond motifs is 1. The van der Waals surface area contributed by atoms with Crippen molar-refractivity contribution in [2.45, 2.75) is 18.9 Å². The summed E-state index contributed by atoms with van der Waals surface area (Å²) in [6, 6.07) is 12.1. The topological polar surface area (TPSA) is 165 Å². The summed E-state index contributed by atoms with van der Waals surface area (Å²) in [6.45, 7) is -0.250. The lowest BCUT2D eigenvalue weighted by Crippen LogP contribution is -2.23. The van der Waals surface area contributed by atoms with E-state index in [1.807, 2.05) is 12.1 Å². The number of H-pyrrole nitrogens is 1. The number of carboxylic acid groups (broad SMARTS) is 1. The summed E-state index contributed by atoms with van der Waals surface area (Å²) in [5.41, 5.74) is 4.41. The Morgan fingerprint density at radius 1 is 1.11 bits per heavy atom. The van der Waals surface area contributed by atoms with Crippen molar-refractivity contribution < 1.29 is 15.0 Å². The van der Waals surface area contributed by atoms with Gasteiger partial charge in [0.25, 0.3) is 12.0 Å². The predicted octanol–water partition coefficient (Wildman–Crippen LogP) is 2.87. The summed E-state index contributed by atoms with van der Waals surface area (Å²) in [5.74, 6) is 0.786. The molecule has 1 aliphatic heterocycles. The van der Waals surface area contributed by atoms with E-state index in [2.05, 4.69) is 30.5 Å². The van der Waals surface area contributed by atoms with Crippen molar-refractivity contribution >= 4 is 18.1 Å². The highest BCUT2D eigenvalue weighted by atomic mass is 35.5. The Morgan fingerprint density at radius 3 is 2.68 bits per heavy atom. The van der Waals surface area contributed by atoms with E-state index in [4.69, 9.17) is 21.5 Å². The zero-order valence-corrected chi connectivity index (χ0v) is 19.8. The van der Waals surface area contributed by atoms with Gasteiger partial charge in [0.05, 0.1) is 35.5 Å². The predicted molar refractivity (Wildman–Crippen MR) is 132 cm³/mol. The first-order valence-electron chi connectivity index (χ1n) is 11.1. The first kappa shape index (κ1) is 23.9. The van der Waals surface area contributed by atoms with Crippen molar-refractivity contribution in [3.05, 3.63) is 88.1 Å². The van der Waals surface area contributed by atoms with Gasteiger partial charge in [-0.3, -0.25) is 14.6 Å². The van der Waals surface area contributed by atoms with Gasteiger partial charge < -0.3 is 19.8 Å². The number of aryl methyl sites for hydroxylation is 1. The number of halogens is 1. The number of aromatic hydroxyl groups is 1. The number of rotatable bonds is 4. The van der Waals surface area contributed by atoms with Crippen LogP contribution in [0.15, 0.2) is 66.0 Å². The van der Waals surface area contributed by atoms with Crippen LogP contribution in [0.5, 0.6) is 5.75 Å². The average molecular weight is 519 g/mol. The number of nitrogens with one attached hydrogen (secondary N) is 1. The van der Waals surface area contributed by atoms with E-state index in [1.54, 1.807) is 45.8 Å². The van der Waals surface area contributed by atoms with Crippen molar-refractivity contribution in [2.24, 2.45) is 0 Å². The van der Waals surface area contributed by atoms with E-state index in [0.29, 0.717) is 16.5 Å². The van der Waals surface area contributed by atoms with Crippen LogP contribution in [0.1, 0.15) is 24.0 Å². The Labute approximate surface area is 213 Å². The van der Waals surface area contributed by atoms with Crippen molar-refractivity contribution in [1.29, 1.82) is 0 Å². The maximum atomic E-state index is 13.3. The number of pyridine rings is 2. The SMILES string of the molecule is O=CO.O=c1cc(-c2cc(Cl)ccc2-n2cnnn2)cc2n1[C@H](c1ncc(-c3ccc(O)cn3)[nH]1)CC2. The van der Waals surface area contributed by atoms with Gasteiger partial charge in [0.2, 0.25) is 0 Å². The van der Waals surface area contributed by atoms with E-state index < -0.39 is 0 Å². The third kappa shape index (κ3) is 4.69. The van der Waals surface area contributed by atoms with Gasteiger partial charge in [-0.2, -0.15) is 4.68 Å². The third-order valence-corrected chi connectivity index (χ3v) is 6.17. The molecule has 1 aliphatic rings. The molecule has 0 aliphatic carbocycles. The minimum Gasteiger partial charge on any atom is -0.506 e. The summed E-state index contributed by atoms with van der Waals surface area (Å²) in [6.07, 6.45) is 6.04. The molecule has 1 atom stereocenters. The zero-order chi connectivity index (χ0) is 25.9. The molecule has 1 aromatic carbocycles. The summed E-state index contributed by atoms with van der Waals surface area (Å²) >= 11 is 6.27. The van der Waals surface area contributed by atoms with Crippen LogP contribution in [-0.4, -0.2) is 56.4 Å². The quantitative estimate of drug-likeness (QED) is 0.303. The van der Waals surface area contributed by atoms with E-state index in [-0.39, 0.29) is 23.8 Å². The maximum absolute atomic E-state index is 13.3. The summed E-state index contributed by atoms with van der Waals surface area (Å²) < 4.78 is 3.32. The summed E-state index contributed by atoms with van der Waals surface area (Å²) in [5, 5.41) is 28.3. The second kappa shape index (κ2) is 10.0. The first-order chi connectivity index (χ1) is 18.0. The van der Waals surface area contributed by atoms with Crippen LogP contribution in [0.25, 0.3) is 28.2 Å². The summed E-state index contributed by atoms with van der Waals surface area (Å²) in [7, 11) is 0. The van der Waals surface area contributed by atoms with Crippen LogP contribution in [0, 0.1) is 0 Å². The number of aromatic nitrogens is 8. The van der Waals surface area contributed by atoms with Gasteiger partial charge in [-0.1, -0.05) is 11.6 Å². The molecular weight excluding hydrogens is 500 g/mol. The number of nitrogens with zero attached hydrogens (tertiary/aromatic N) is 7. The molecule has 3 N–H and O–H groups in total.